The predicted octanol–water partition coefficient (Wildman–Crippen LogP) is 3.84. The van der Waals surface area contributed by atoms with Crippen molar-refractivity contribution in [3.8, 4) is 0 Å². The molecule has 2 N–H and O–H groups in total. The molecule has 2 aromatic carbocycles. The molecule has 0 aliphatic rings. The van der Waals surface area contributed by atoms with Gasteiger partial charge in [0.1, 0.15) is 0 Å². The lowest BCUT2D eigenvalue weighted by atomic mass is 10.0. The van der Waals surface area contributed by atoms with Gasteiger partial charge in [0.05, 0.1) is 0 Å². The molecule has 2 rings (SSSR count). The molecule has 0 radical (unpaired) electrons. The van der Waals surface area contributed by atoms with Gasteiger partial charge in [0.25, 0.3) is 5.91 Å². The molecule has 0 heterocycles. The summed E-state index contributed by atoms with van der Waals surface area (Å²) >= 11 is 0. The first-order valence-corrected chi connectivity index (χ1v) is 7.17. The number of hydrogen-bond acceptors (Lipinski definition) is 2. The molecular formula is C18H22N2O. The Morgan fingerprint density at radius 3 is 2.43 bits per heavy atom. The fraction of sp³-hybridized carbons (Fsp3) is 0.278. The predicted molar refractivity (Wildman–Crippen MR) is 87.8 cm³/mol. The van der Waals surface area contributed by atoms with Gasteiger partial charge in [-0.05, 0) is 62.7 Å². The second-order valence-corrected chi connectivity index (χ2v) is 5.35. The molecule has 0 aromatic heterocycles. The van der Waals surface area contributed by atoms with E-state index in [-0.39, 0.29) is 11.9 Å². The van der Waals surface area contributed by atoms with Crippen LogP contribution in [0.15, 0.2) is 42.5 Å². The fourth-order valence-corrected chi connectivity index (χ4v) is 2.22. The Morgan fingerprint density at radius 2 is 1.76 bits per heavy atom. The quantitative estimate of drug-likeness (QED) is 0.894. The zero-order valence-corrected chi connectivity index (χ0v) is 13.0. The van der Waals surface area contributed by atoms with Crippen molar-refractivity contribution >= 4 is 11.6 Å². The molecule has 3 heteroatoms. The summed E-state index contributed by atoms with van der Waals surface area (Å²) in [7, 11) is 1.91. The molecule has 0 aliphatic carbocycles. The van der Waals surface area contributed by atoms with Crippen LogP contribution in [-0.4, -0.2) is 13.0 Å². The molecular weight excluding hydrogens is 260 g/mol. The van der Waals surface area contributed by atoms with Crippen LogP contribution in [-0.2, 0) is 0 Å². The molecule has 3 nitrogen and oxygen atoms in total. The van der Waals surface area contributed by atoms with E-state index in [1.165, 1.54) is 5.56 Å². The molecule has 0 saturated carbocycles. The molecule has 1 amide bonds. The van der Waals surface area contributed by atoms with Gasteiger partial charge < -0.3 is 10.6 Å². The third-order valence-electron chi connectivity index (χ3n) is 3.88. The lowest BCUT2D eigenvalue weighted by Crippen LogP contribution is -2.18. The summed E-state index contributed by atoms with van der Waals surface area (Å²) in [5.74, 6) is -0.0751. The number of para-hydroxylation sites is 1. The maximum absolute atomic E-state index is 12.4. The number of hydrogen-bond donors (Lipinski definition) is 2. The molecule has 0 fully saturated rings. The molecule has 2 aromatic rings. The summed E-state index contributed by atoms with van der Waals surface area (Å²) < 4.78 is 0. The van der Waals surface area contributed by atoms with Crippen molar-refractivity contribution in [3.05, 3.63) is 64.7 Å². The Kier molecular flexibility index (Phi) is 4.76. The maximum Gasteiger partial charge on any atom is 0.255 e. The Balaban J connectivity index is 2.25. The summed E-state index contributed by atoms with van der Waals surface area (Å²) in [6.45, 7) is 6.13. The second kappa shape index (κ2) is 6.55. The fourth-order valence-electron chi connectivity index (χ4n) is 2.22. The van der Waals surface area contributed by atoms with Crippen LogP contribution >= 0.6 is 0 Å². The highest BCUT2D eigenvalue weighted by Crippen LogP contribution is 2.23. The normalized spacial score (nSPS) is 12.0. The first kappa shape index (κ1) is 15.3. The topological polar surface area (TPSA) is 41.1 Å². The number of aryl methyl sites for hydroxylation is 2. The van der Waals surface area contributed by atoms with Crippen molar-refractivity contribution < 1.29 is 4.79 Å². The van der Waals surface area contributed by atoms with Crippen LogP contribution in [0.2, 0.25) is 0 Å². The van der Waals surface area contributed by atoms with E-state index >= 15 is 0 Å². The lowest BCUT2D eigenvalue weighted by molar-refractivity contribution is 0.102. The van der Waals surface area contributed by atoms with E-state index in [1.54, 1.807) is 0 Å². The molecule has 0 saturated heterocycles. The number of anilines is 1. The molecule has 1 unspecified atom stereocenters. The monoisotopic (exact) mass is 282 g/mol. The van der Waals surface area contributed by atoms with Gasteiger partial charge in [-0.1, -0.05) is 24.3 Å². The van der Waals surface area contributed by atoms with E-state index in [9.17, 15) is 4.79 Å². The summed E-state index contributed by atoms with van der Waals surface area (Å²) in [4.78, 5) is 12.4. The van der Waals surface area contributed by atoms with Crippen LogP contribution in [0.5, 0.6) is 0 Å². The molecule has 0 spiro atoms. The summed E-state index contributed by atoms with van der Waals surface area (Å²) in [6.07, 6.45) is 0. The van der Waals surface area contributed by atoms with Crippen molar-refractivity contribution in [2.24, 2.45) is 0 Å². The van der Waals surface area contributed by atoms with Crippen LogP contribution in [0.3, 0.4) is 0 Å². The Hall–Kier alpha value is -2.13. The second-order valence-electron chi connectivity index (χ2n) is 5.35. The minimum atomic E-state index is -0.0751. The number of rotatable bonds is 4. The van der Waals surface area contributed by atoms with Crippen molar-refractivity contribution in [3.63, 3.8) is 0 Å². The van der Waals surface area contributed by atoms with Crippen LogP contribution in [0.4, 0.5) is 5.69 Å². The van der Waals surface area contributed by atoms with Crippen molar-refractivity contribution in [2.45, 2.75) is 26.8 Å². The third kappa shape index (κ3) is 3.50. The largest absolute Gasteiger partial charge is 0.322 e. The van der Waals surface area contributed by atoms with Gasteiger partial charge in [0.15, 0.2) is 0 Å². The van der Waals surface area contributed by atoms with Crippen LogP contribution in [0.25, 0.3) is 0 Å². The van der Waals surface area contributed by atoms with E-state index in [1.807, 2.05) is 63.4 Å². The van der Waals surface area contributed by atoms with Gasteiger partial charge in [-0.25, -0.2) is 0 Å². The first-order chi connectivity index (χ1) is 10.0. The lowest BCUT2D eigenvalue weighted by Gasteiger charge is -2.16. The average Bonchev–Trinajstić information content (AvgIpc) is 2.49. The number of nitrogens with one attached hydrogen (secondary N) is 2. The van der Waals surface area contributed by atoms with Gasteiger partial charge in [-0.15, -0.1) is 0 Å². The number of benzene rings is 2. The standard InChI is InChI=1S/C18H22N2O/c1-12-9-10-15(11-13(12)2)18(21)20-17-8-6-5-7-16(17)14(3)19-4/h5-11,14,19H,1-4H3,(H,20,21). The van der Waals surface area contributed by atoms with Crippen molar-refractivity contribution in [1.29, 1.82) is 0 Å². The Bertz CT molecular complexity index is 649. The molecule has 110 valence electrons. The number of carbonyl (C=O) groups excluding carboxylic acids is 1. The zero-order valence-electron chi connectivity index (χ0n) is 13.0. The van der Waals surface area contributed by atoms with E-state index < -0.39 is 0 Å². The highest BCUT2D eigenvalue weighted by Gasteiger charge is 2.12. The zero-order chi connectivity index (χ0) is 15.4. The Morgan fingerprint density at radius 1 is 1.05 bits per heavy atom. The molecule has 0 bridgehead atoms. The van der Waals surface area contributed by atoms with Gasteiger partial charge in [0, 0.05) is 17.3 Å². The van der Waals surface area contributed by atoms with Gasteiger partial charge in [0.2, 0.25) is 0 Å². The Labute approximate surface area is 126 Å². The molecule has 1 atom stereocenters. The van der Waals surface area contributed by atoms with Gasteiger partial charge in [-0.3, -0.25) is 4.79 Å². The number of carbonyl (C=O) groups is 1. The van der Waals surface area contributed by atoms with Crippen molar-refractivity contribution in [2.75, 3.05) is 12.4 Å². The minimum absolute atomic E-state index is 0.0751. The molecule has 0 aliphatic heterocycles. The van der Waals surface area contributed by atoms with Crippen molar-refractivity contribution in [1.82, 2.24) is 5.32 Å². The maximum atomic E-state index is 12.4. The SMILES string of the molecule is CNC(C)c1ccccc1NC(=O)c1ccc(C)c(C)c1. The smallest absolute Gasteiger partial charge is 0.255 e. The van der Waals surface area contributed by atoms with E-state index in [0.29, 0.717) is 5.56 Å². The summed E-state index contributed by atoms with van der Waals surface area (Å²) in [5, 5.41) is 6.21. The average molecular weight is 282 g/mol. The minimum Gasteiger partial charge on any atom is -0.322 e. The number of amides is 1. The van der Waals surface area contributed by atoms with Crippen LogP contribution in [0, 0.1) is 13.8 Å². The highest BCUT2D eigenvalue weighted by molar-refractivity contribution is 6.04. The summed E-state index contributed by atoms with van der Waals surface area (Å²) in [5.41, 5.74) is 4.93. The van der Waals surface area contributed by atoms with E-state index in [2.05, 4.69) is 17.6 Å². The summed E-state index contributed by atoms with van der Waals surface area (Å²) in [6, 6.07) is 13.8. The van der Waals surface area contributed by atoms with Gasteiger partial charge in [-0.2, -0.15) is 0 Å². The van der Waals surface area contributed by atoms with Gasteiger partial charge >= 0.3 is 0 Å². The van der Waals surface area contributed by atoms with Crippen LogP contribution < -0.4 is 10.6 Å². The van der Waals surface area contributed by atoms with E-state index in [0.717, 1.165) is 16.8 Å². The highest BCUT2D eigenvalue weighted by atomic mass is 16.1. The van der Waals surface area contributed by atoms with E-state index in [4.69, 9.17) is 0 Å². The van der Waals surface area contributed by atoms with Crippen LogP contribution in [0.1, 0.15) is 40.0 Å². The first-order valence-electron chi connectivity index (χ1n) is 7.17. The molecule has 21 heavy (non-hydrogen) atoms. The third-order valence-corrected chi connectivity index (χ3v) is 3.88.